The Morgan fingerprint density at radius 3 is 2.62 bits per heavy atom. The Kier molecular flexibility index (Phi) is 6.37. The average molecular weight is 416 g/mol. The van der Waals surface area contributed by atoms with Gasteiger partial charge in [0, 0.05) is 44.6 Å². The zero-order valence-corrected chi connectivity index (χ0v) is 18.0. The highest BCUT2D eigenvalue weighted by Crippen LogP contribution is 2.37. The molecule has 2 aromatic rings. The molecule has 6 nitrogen and oxygen atoms in total. The lowest BCUT2D eigenvalue weighted by atomic mass is 10.1. The number of carbonyl (C=O) groups is 1. The van der Waals surface area contributed by atoms with Gasteiger partial charge in [-0.25, -0.2) is 0 Å². The number of hydrogen-bond donors (Lipinski definition) is 0. The molecule has 0 bridgehead atoms. The summed E-state index contributed by atoms with van der Waals surface area (Å²) in [5.41, 5.74) is 1.05. The molecule has 2 aliphatic rings. The lowest BCUT2D eigenvalue weighted by molar-refractivity contribution is 0.0788. The van der Waals surface area contributed by atoms with Crippen LogP contribution in [0.5, 0.6) is 11.5 Å². The molecule has 3 heterocycles. The molecule has 1 aromatic heterocycles. The normalized spacial score (nSPS) is 17.3. The molecule has 0 N–H and O–H groups in total. The van der Waals surface area contributed by atoms with E-state index in [1.807, 2.05) is 42.3 Å². The fourth-order valence-corrected chi connectivity index (χ4v) is 4.69. The predicted octanol–water partition coefficient (Wildman–Crippen LogP) is 2.90. The van der Waals surface area contributed by atoms with E-state index in [1.165, 1.54) is 11.3 Å². The summed E-state index contributed by atoms with van der Waals surface area (Å²) in [7, 11) is 4.07. The van der Waals surface area contributed by atoms with Crippen molar-refractivity contribution in [3.05, 3.63) is 35.2 Å². The minimum atomic E-state index is 0.0946. The zero-order valence-electron chi connectivity index (χ0n) is 17.2. The Labute approximate surface area is 176 Å². The van der Waals surface area contributed by atoms with E-state index in [-0.39, 0.29) is 5.91 Å². The van der Waals surface area contributed by atoms with E-state index in [0.717, 1.165) is 72.5 Å². The van der Waals surface area contributed by atoms with Gasteiger partial charge < -0.3 is 24.2 Å². The van der Waals surface area contributed by atoms with Gasteiger partial charge in [-0.3, -0.25) is 4.79 Å². The van der Waals surface area contributed by atoms with Crippen LogP contribution in [0.15, 0.2) is 30.3 Å². The van der Waals surface area contributed by atoms with E-state index in [4.69, 9.17) is 9.47 Å². The summed E-state index contributed by atoms with van der Waals surface area (Å²) < 4.78 is 11.3. The SMILES string of the molecule is CN1CCN(CCCN(C)C(=O)c2ccc(-c3ccc4c(c3)OCCO4)s2)CC1. The maximum atomic E-state index is 12.8. The molecule has 0 saturated carbocycles. The summed E-state index contributed by atoms with van der Waals surface area (Å²) in [6.07, 6.45) is 1.01. The summed E-state index contributed by atoms with van der Waals surface area (Å²) in [5.74, 6) is 1.65. The summed E-state index contributed by atoms with van der Waals surface area (Å²) in [6.45, 7) is 7.50. The number of carbonyl (C=O) groups excluding carboxylic acids is 1. The third kappa shape index (κ3) is 4.91. The van der Waals surface area contributed by atoms with Crippen molar-refractivity contribution in [3.8, 4) is 21.9 Å². The molecule has 0 unspecified atom stereocenters. The number of likely N-dealkylation sites (N-methyl/N-ethyl adjacent to an activating group) is 1. The van der Waals surface area contributed by atoms with E-state index < -0.39 is 0 Å². The number of thiophene rings is 1. The van der Waals surface area contributed by atoms with E-state index in [1.54, 1.807) is 0 Å². The third-order valence-corrected chi connectivity index (χ3v) is 6.68. The predicted molar refractivity (Wildman–Crippen MR) is 116 cm³/mol. The summed E-state index contributed by atoms with van der Waals surface area (Å²) in [6, 6.07) is 9.90. The number of hydrogen-bond acceptors (Lipinski definition) is 6. The van der Waals surface area contributed by atoms with Gasteiger partial charge in [0.05, 0.1) is 4.88 Å². The van der Waals surface area contributed by atoms with Crippen LogP contribution in [0.2, 0.25) is 0 Å². The van der Waals surface area contributed by atoms with E-state index >= 15 is 0 Å². The topological polar surface area (TPSA) is 45.2 Å². The van der Waals surface area contributed by atoms with Crippen molar-refractivity contribution in [1.82, 2.24) is 14.7 Å². The second-order valence-corrected chi connectivity index (χ2v) is 8.83. The van der Waals surface area contributed by atoms with Crippen LogP contribution in [0.4, 0.5) is 0 Å². The van der Waals surface area contributed by atoms with Crippen molar-refractivity contribution in [2.24, 2.45) is 0 Å². The molecule has 156 valence electrons. The van der Waals surface area contributed by atoms with Gasteiger partial charge in [-0.2, -0.15) is 0 Å². The number of benzene rings is 1. The zero-order chi connectivity index (χ0) is 20.2. The van der Waals surface area contributed by atoms with Crippen molar-refractivity contribution in [2.75, 3.05) is 66.6 Å². The molecule has 1 amide bonds. The number of nitrogens with zero attached hydrogens (tertiary/aromatic N) is 3. The van der Waals surface area contributed by atoms with Gasteiger partial charge in [0.15, 0.2) is 11.5 Å². The Bertz CT molecular complexity index is 846. The highest BCUT2D eigenvalue weighted by molar-refractivity contribution is 7.17. The molecule has 7 heteroatoms. The van der Waals surface area contributed by atoms with Crippen LogP contribution in [0.3, 0.4) is 0 Å². The van der Waals surface area contributed by atoms with Gasteiger partial charge >= 0.3 is 0 Å². The second kappa shape index (κ2) is 9.15. The first-order valence-corrected chi connectivity index (χ1v) is 11.1. The quantitative estimate of drug-likeness (QED) is 0.726. The van der Waals surface area contributed by atoms with Crippen LogP contribution in [-0.4, -0.2) is 87.2 Å². The maximum absolute atomic E-state index is 12.8. The van der Waals surface area contributed by atoms with Gasteiger partial charge in [0.25, 0.3) is 5.91 Å². The molecule has 0 spiro atoms. The lowest BCUT2D eigenvalue weighted by Gasteiger charge is -2.32. The molecule has 4 rings (SSSR count). The van der Waals surface area contributed by atoms with Crippen molar-refractivity contribution in [1.29, 1.82) is 0 Å². The van der Waals surface area contributed by atoms with Crippen LogP contribution in [0.25, 0.3) is 10.4 Å². The highest BCUT2D eigenvalue weighted by atomic mass is 32.1. The standard InChI is InChI=1S/C22H29N3O3S/c1-23-10-12-25(13-11-23)9-3-8-24(2)22(26)21-7-6-20(29-21)17-4-5-18-19(16-17)28-15-14-27-18/h4-7,16H,3,8-15H2,1-2H3. The van der Waals surface area contributed by atoms with Crippen molar-refractivity contribution in [3.63, 3.8) is 0 Å². The molecular weight excluding hydrogens is 386 g/mol. The largest absolute Gasteiger partial charge is 0.486 e. The second-order valence-electron chi connectivity index (χ2n) is 7.75. The fourth-order valence-electron chi connectivity index (χ4n) is 3.70. The maximum Gasteiger partial charge on any atom is 0.263 e. The molecule has 2 aliphatic heterocycles. The lowest BCUT2D eigenvalue weighted by Crippen LogP contribution is -2.45. The van der Waals surface area contributed by atoms with Crippen LogP contribution in [0.1, 0.15) is 16.1 Å². The number of fused-ring (bicyclic) bond motifs is 1. The monoisotopic (exact) mass is 415 g/mol. The molecule has 0 aliphatic carbocycles. The Balaban J connectivity index is 1.32. The minimum absolute atomic E-state index is 0.0946. The molecule has 0 atom stereocenters. The summed E-state index contributed by atoms with van der Waals surface area (Å²) >= 11 is 1.53. The van der Waals surface area contributed by atoms with Gasteiger partial charge in [-0.05, 0) is 55.9 Å². The van der Waals surface area contributed by atoms with Crippen LogP contribution >= 0.6 is 11.3 Å². The van der Waals surface area contributed by atoms with Crippen molar-refractivity contribution in [2.45, 2.75) is 6.42 Å². The third-order valence-electron chi connectivity index (χ3n) is 5.55. The van der Waals surface area contributed by atoms with Crippen LogP contribution < -0.4 is 9.47 Å². The summed E-state index contributed by atoms with van der Waals surface area (Å²) in [5, 5.41) is 0. The molecule has 1 fully saturated rings. The first kappa shape index (κ1) is 20.2. The minimum Gasteiger partial charge on any atom is -0.486 e. The smallest absolute Gasteiger partial charge is 0.263 e. The fraction of sp³-hybridized carbons (Fsp3) is 0.500. The van der Waals surface area contributed by atoms with E-state index in [2.05, 4.69) is 16.8 Å². The van der Waals surface area contributed by atoms with E-state index in [9.17, 15) is 4.79 Å². The van der Waals surface area contributed by atoms with Gasteiger partial charge in [-0.15, -0.1) is 11.3 Å². The Hall–Kier alpha value is -2.09. The highest BCUT2D eigenvalue weighted by Gasteiger charge is 2.18. The molecule has 1 aromatic carbocycles. The Morgan fingerprint density at radius 2 is 1.83 bits per heavy atom. The van der Waals surface area contributed by atoms with Crippen LogP contribution in [0, 0.1) is 0 Å². The van der Waals surface area contributed by atoms with Gasteiger partial charge in [0.1, 0.15) is 13.2 Å². The first-order valence-electron chi connectivity index (χ1n) is 10.3. The van der Waals surface area contributed by atoms with Crippen molar-refractivity contribution < 1.29 is 14.3 Å². The average Bonchev–Trinajstić information content (AvgIpc) is 3.24. The summed E-state index contributed by atoms with van der Waals surface area (Å²) in [4.78, 5) is 21.4. The van der Waals surface area contributed by atoms with Crippen LogP contribution in [-0.2, 0) is 0 Å². The van der Waals surface area contributed by atoms with Gasteiger partial charge in [0.2, 0.25) is 0 Å². The van der Waals surface area contributed by atoms with E-state index in [0.29, 0.717) is 13.2 Å². The first-order chi connectivity index (χ1) is 14.1. The molecule has 0 radical (unpaired) electrons. The van der Waals surface area contributed by atoms with Gasteiger partial charge in [-0.1, -0.05) is 0 Å². The number of amides is 1. The molecule has 1 saturated heterocycles. The molecule has 29 heavy (non-hydrogen) atoms. The molecular formula is C22H29N3O3S. The number of ether oxygens (including phenoxy) is 2. The van der Waals surface area contributed by atoms with Crippen molar-refractivity contribution >= 4 is 17.2 Å². The number of piperazine rings is 1. The Morgan fingerprint density at radius 1 is 1.07 bits per heavy atom. The number of rotatable bonds is 6.